The van der Waals surface area contributed by atoms with Crippen LogP contribution in [0.5, 0.6) is 0 Å². The first kappa shape index (κ1) is 10.7. The molecule has 1 aromatic heterocycles. The van der Waals surface area contributed by atoms with Gasteiger partial charge in [-0.15, -0.1) is 23.2 Å². The van der Waals surface area contributed by atoms with Crippen LogP contribution in [0, 0.1) is 5.41 Å². The van der Waals surface area contributed by atoms with Crippen LogP contribution in [0.3, 0.4) is 0 Å². The normalized spacial score (nSPS) is 27.7. The van der Waals surface area contributed by atoms with E-state index in [2.05, 4.69) is 14.7 Å². The number of alkyl halides is 2. The van der Waals surface area contributed by atoms with Crippen molar-refractivity contribution < 1.29 is 9.32 Å². The highest BCUT2D eigenvalue weighted by Crippen LogP contribution is 2.64. The minimum Gasteiger partial charge on any atom is -0.361 e. The standard InChI is InChI=1S/C8H9Cl2N3O2/c1-7(3-8(7,9)10)2-4-12-6(5(11)14)15-13-4/h2-3H2,1H3,(H2,11,14). The Bertz CT molecular complexity index is 418. The zero-order chi connectivity index (χ0) is 11.3. The van der Waals surface area contributed by atoms with E-state index in [1.165, 1.54) is 0 Å². The van der Waals surface area contributed by atoms with Crippen molar-refractivity contribution in [3.05, 3.63) is 11.7 Å². The molecule has 7 heteroatoms. The number of amides is 1. The lowest BCUT2D eigenvalue weighted by Gasteiger charge is -2.07. The summed E-state index contributed by atoms with van der Waals surface area (Å²) in [6.07, 6.45) is 1.14. The molecular weight excluding hydrogens is 241 g/mol. The van der Waals surface area contributed by atoms with Crippen LogP contribution in [0.1, 0.15) is 29.9 Å². The van der Waals surface area contributed by atoms with Gasteiger partial charge in [0, 0.05) is 11.8 Å². The van der Waals surface area contributed by atoms with Crippen LogP contribution in [-0.4, -0.2) is 20.4 Å². The van der Waals surface area contributed by atoms with E-state index >= 15 is 0 Å². The monoisotopic (exact) mass is 249 g/mol. The maximum absolute atomic E-state index is 10.7. The summed E-state index contributed by atoms with van der Waals surface area (Å²) in [7, 11) is 0. The first-order chi connectivity index (χ1) is 6.84. The smallest absolute Gasteiger partial charge is 0.315 e. The molecule has 2 rings (SSSR count). The van der Waals surface area contributed by atoms with Crippen LogP contribution in [0.15, 0.2) is 4.52 Å². The second-order valence-corrected chi connectivity index (χ2v) is 5.48. The third kappa shape index (κ3) is 1.81. The molecule has 0 aliphatic heterocycles. The molecule has 1 atom stereocenters. The molecular formula is C8H9Cl2N3O2. The molecule has 2 N–H and O–H groups in total. The maximum Gasteiger partial charge on any atom is 0.315 e. The maximum atomic E-state index is 10.7. The molecule has 1 aromatic rings. The number of carbonyl (C=O) groups excluding carboxylic acids is 1. The van der Waals surface area contributed by atoms with Gasteiger partial charge in [-0.1, -0.05) is 12.1 Å². The Balaban J connectivity index is 2.10. The molecule has 0 spiro atoms. The molecule has 1 unspecified atom stereocenters. The largest absolute Gasteiger partial charge is 0.361 e. The summed E-state index contributed by atoms with van der Waals surface area (Å²) in [5, 5.41) is 3.62. The molecule has 1 saturated carbocycles. The van der Waals surface area contributed by atoms with Crippen LogP contribution in [0.2, 0.25) is 0 Å². The van der Waals surface area contributed by atoms with Crippen LogP contribution in [0.25, 0.3) is 0 Å². The molecule has 1 heterocycles. The SMILES string of the molecule is CC1(Cc2noc(C(N)=O)n2)CC1(Cl)Cl. The molecule has 1 fully saturated rings. The highest BCUT2D eigenvalue weighted by Gasteiger charge is 2.63. The predicted molar refractivity (Wildman–Crippen MR) is 53.7 cm³/mol. The van der Waals surface area contributed by atoms with Gasteiger partial charge < -0.3 is 10.3 Å². The van der Waals surface area contributed by atoms with Crippen molar-refractivity contribution in [1.82, 2.24) is 10.1 Å². The summed E-state index contributed by atoms with van der Waals surface area (Å²) in [6.45, 7) is 1.92. The summed E-state index contributed by atoms with van der Waals surface area (Å²) in [4.78, 5) is 14.5. The zero-order valence-corrected chi connectivity index (χ0v) is 9.47. The molecule has 0 saturated heterocycles. The van der Waals surface area contributed by atoms with Crippen molar-refractivity contribution in [2.75, 3.05) is 0 Å². The molecule has 1 amide bonds. The fraction of sp³-hybridized carbons (Fsp3) is 0.625. The van der Waals surface area contributed by atoms with Crippen molar-refractivity contribution in [3.8, 4) is 0 Å². The van der Waals surface area contributed by atoms with E-state index in [0.29, 0.717) is 18.7 Å². The quantitative estimate of drug-likeness (QED) is 0.819. The van der Waals surface area contributed by atoms with Crippen molar-refractivity contribution in [2.24, 2.45) is 11.1 Å². The Kier molecular flexibility index (Phi) is 2.20. The molecule has 0 aromatic carbocycles. The Morgan fingerprint density at radius 1 is 1.67 bits per heavy atom. The van der Waals surface area contributed by atoms with Crippen molar-refractivity contribution >= 4 is 29.1 Å². The average Bonchev–Trinajstić information content (AvgIpc) is 2.48. The Morgan fingerprint density at radius 2 is 2.27 bits per heavy atom. The summed E-state index contributed by atoms with van der Waals surface area (Å²) >= 11 is 11.9. The Hall–Kier alpha value is -0.810. The minimum atomic E-state index is -0.738. The van der Waals surface area contributed by atoms with E-state index < -0.39 is 10.2 Å². The molecule has 82 valence electrons. The van der Waals surface area contributed by atoms with Gasteiger partial charge in [0.2, 0.25) is 0 Å². The van der Waals surface area contributed by atoms with E-state index in [0.717, 1.165) is 0 Å². The number of nitrogens with two attached hydrogens (primary N) is 1. The first-order valence-electron chi connectivity index (χ1n) is 4.34. The first-order valence-corrected chi connectivity index (χ1v) is 5.10. The third-order valence-corrected chi connectivity index (χ3v) is 3.78. The lowest BCUT2D eigenvalue weighted by Crippen LogP contribution is -2.12. The predicted octanol–water partition coefficient (Wildman–Crippen LogP) is 1.29. The van der Waals surface area contributed by atoms with Crippen LogP contribution < -0.4 is 5.73 Å². The van der Waals surface area contributed by atoms with Crippen LogP contribution in [0.4, 0.5) is 0 Å². The second-order valence-electron chi connectivity index (χ2n) is 4.00. The van der Waals surface area contributed by atoms with Crippen molar-refractivity contribution in [1.29, 1.82) is 0 Å². The number of hydrogen-bond donors (Lipinski definition) is 1. The van der Waals surface area contributed by atoms with Gasteiger partial charge in [0.15, 0.2) is 5.82 Å². The van der Waals surface area contributed by atoms with E-state index in [1.54, 1.807) is 0 Å². The van der Waals surface area contributed by atoms with Crippen molar-refractivity contribution in [3.63, 3.8) is 0 Å². The van der Waals surface area contributed by atoms with Gasteiger partial charge in [-0.05, 0) is 6.42 Å². The Morgan fingerprint density at radius 3 is 2.67 bits per heavy atom. The Labute approximate surface area is 95.9 Å². The number of halogens is 2. The number of rotatable bonds is 3. The van der Waals surface area contributed by atoms with Crippen molar-refractivity contribution in [2.45, 2.75) is 24.1 Å². The molecule has 0 bridgehead atoms. The van der Waals surface area contributed by atoms with Crippen LogP contribution >= 0.6 is 23.2 Å². The van der Waals surface area contributed by atoms with Gasteiger partial charge >= 0.3 is 11.8 Å². The second kappa shape index (κ2) is 3.09. The number of nitrogens with zero attached hydrogens (tertiary/aromatic N) is 2. The van der Waals surface area contributed by atoms with Crippen LogP contribution in [-0.2, 0) is 6.42 Å². The van der Waals surface area contributed by atoms with E-state index in [1.807, 2.05) is 6.92 Å². The fourth-order valence-corrected chi connectivity index (χ4v) is 2.14. The van der Waals surface area contributed by atoms with Gasteiger partial charge in [0.25, 0.3) is 0 Å². The average molecular weight is 250 g/mol. The zero-order valence-electron chi connectivity index (χ0n) is 7.96. The topological polar surface area (TPSA) is 82.0 Å². The highest BCUT2D eigenvalue weighted by atomic mass is 35.5. The number of carbonyl (C=O) groups is 1. The molecule has 0 radical (unpaired) electrons. The molecule has 1 aliphatic rings. The van der Waals surface area contributed by atoms with E-state index in [-0.39, 0.29) is 11.3 Å². The lowest BCUT2D eigenvalue weighted by atomic mass is 10.1. The molecule has 1 aliphatic carbocycles. The van der Waals surface area contributed by atoms with Gasteiger partial charge in [-0.25, -0.2) is 0 Å². The summed E-state index contributed by atoms with van der Waals surface area (Å²) in [6, 6.07) is 0. The third-order valence-electron chi connectivity index (χ3n) is 2.60. The van der Waals surface area contributed by atoms with Gasteiger partial charge in [0.05, 0.1) is 0 Å². The minimum absolute atomic E-state index is 0.191. The number of aromatic nitrogens is 2. The van der Waals surface area contributed by atoms with Gasteiger partial charge in [-0.2, -0.15) is 4.98 Å². The summed E-state index contributed by atoms with van der Waals surface area (Å²) in [5.74, 6) is -0.531. The number of primary amides is 1. The van der Waals surface area contributed by atoms with E-state index in [4.69, 9.17) is 28.9 Å². The highest BCUT2D eigenvalue weighted by molar-refractivity contribution is 6.51. The van der Waals surface area contributed by atoms with E-state index in [9.17, 15) is 4.79 Å². The fourth-order valence-electron chi connectivity index (χ4n) is 1.41. The van der Waals surface area contributed by atoms with Gasteiger partial charge in [0.1, 0.15) is 4.33 Å². The molecule has 5 nitrogen and oxygen atoms in total. The number of hydrogen-bond acceptors (Lipinski definition) is 4. The lowest BCUT2D eigenvalue weighted by molar-refractivity contribution is 0.0958. The summed E-state index contributed by atoms with van der Waals surface area (Å²) in [5.41, 5.74) is 4.72. The molecule has 15 heavy (non-hydrogen) atoms. The van der Waals surface area contributed by atoms with Gasteiger partial charge in [-0.3, -0.25) is 4.79 Å². The summed E-state index contributed by atoms with van der Waals surface area (Å²) < 4.78 is 3.91.